The smallest absolute Gasteiger partial charge is 0.329 e. The second kappa shape index (κ2) is 8.50. The van der Waals surface area contributed by atoms with E-state index in [1.807, 2.05) is 6.92 Å². The Morgan fingerprint density at radius 3 is 2.22 bits per heavy atom. The van der Waals surface area contributed by atoms with Crippen molar-refractivity contribution in [1.82, 2.24) is 4.57 Å². The number of hydrogen-bond donors (Lipinski definition) is 0. The maximum absolute atomic E-state index is 12.3. The fourth-order valence-electron chi connectivity index (χ4n) is 2.69. The van der Waals surface area contributed by atoms with Gasteiger partial charge >= 0.3 is 11.9 Å². The van der Waals surface area contributed by atoms with Crippen LogP contribution in [0, 0.1) is 13.8 Å². The van der Waals surface area contributed by atoms with Gasteiger partial charge in [0.1, 0.15) is 6.04 Å². The molecule has 6 nitrogen and oxygen atoms in total. The van der Waals surface area contributed by atoms with Crippen LogP contribution in [0.25, 0.3) is 0 Å². The van der Waals surface area contributed by atoms with Crippen molar-refractivity contribution in [3.8, 4) is 0 Å². The van der Waals surface area contributed by atoms with Crippen LogP contribution in [-0.2, 0) is 19.1 Å². The first-order valence-corrected chi connectivity index (χ1v) is 7.85. The van der Waals surface area contributed by atoms with E-state index in [2.05, 4.69) is 0 Å². The fraction of sp³-hybridized carbons (Fsp3) is 0.588. The Morgan fingerprint density at radius 1 is 1.13 bits per heavy atom. The van der Waals surface area contributed by atoms with E-state index in [9.17, 15) is 14.4 Å². The molecule has 0 aliphatic carbocycles. The van der Waals surface area contributed by atoms with Crippen LogP contribution in [0.5, 0.6) is 0 Å². The molecule has 23 heavy (non-hydrogen) atoms. The van der Waals surface area contributed by atoms with Crippen LogP contribution in [0.3, 0.4) is 0 Å². The zero-order valence-electron chi connectivity index (χ0n) is 14.5. The lowest BCUT2D eigenvalue weighted by Crippen LogP contribution is -2.25. The summed E-state index contributed by atoms with van der Waals surface area (Å²) in [4.78, 5) is 35.6. The minimum Gasteiger partial charge on any atom is -0.466 e. The van der Waals surface area contributed by atoms with Gasteiger partial charge in [0.2, 0.25) is 0 Å². The summed E-state index contributed by atoms with van der Waals surface area (Å²) in [6.07, 6.45) is 0.384. The third-order valence-electron chi connectivity index (χ3n) is 3.66. The summed E-state index contributed by atoms with van der Waals surface area (Å²) in [6, 6.07) is 1.11. The molecule has 1 rings (SSSR count). The summed E-state index contributed by atoms with van der Waals surface area (Å²) in [5.41, 5.74) is 2.07. The maximum atomic E-state index is 12.3. The molecule has 0 amide bonds. The van der Waals surface area contributed by atoms with Crippen LogP contribution < -0.4 is 0 Å². The Kier molecular flexibility index (Phi) is 7.00. The van der Waals surface area contributed by atoms with Gasteiger partial charge in [0, 0.05) is 23.4 Å². The standard InChI is InChI=1S/C17H25NO5/c1-6-22-16(20)9-8-15(17(21)23-7-2)18-11(3)10-14(12(18)4)13(5)19/h10,15H,6-9H2,1-5H3/t15-/m0/s1. The Labute approximate surface area is 136 Å². The second-order valence-corrected chi connectivity index (χ2v) is 5.32. The topological polar surface area (TPSA) is 74.6 Å². The zero-order chi connectivity index (χ0) is 17.6. The van der Waals surface area contributed by atoms with Gasteiger partial charge < -0.3 is 14.0 Å². The highest BCUT2D eigenvalue weighted by atomic mass is 16.5. The van der Waals surface area contributed by atoms with Gasteiger partial charge in [0.15, 0.2) is 5.78 Å². The number of carbonyl (C=O) groups is 3. The molecule has 0 fully saturated rings. The van der Waals surface area contributed by atoms with Crippen molar-refractivity contribution in [2.45, 2.75) is 53.5 Å². The van der Waals surface area contributed by atoms with E-state index in [0.717, 1.165) is 5.69 Å². The molecule has 0 aromatic carbocycles. The Bertz CT molecular complexity index is 588. The van der Waals surface area contributed by atoms with Crippen molar-refractivity contribution >= 4 is 17.7 Å². The van der Waals surface area contributed by atoms with Crippen molar-refractivity contribution in [3.63, 3.8) is 0 Å². The van der Waals surface area contributed by atoms with Crippen molar-refractivity contribution in [3.05, 3.63) is 23.0 Å². The number of ether oxygens (including phenoxy) is 2. The van der Waals surface area contributed by atoms with E-state index >= 15 is 0 Å². The van der Waals surface area contributed by atoms with Gasteiger partial charge in [-0.2, -0.15) is 0 Å². The van der Waals surface area contributed by atoms with Crippen molar-refractivity contribution in [2.75, 3.05) is 13.2 Å². The highest BCUT2D eigenvalue weighted by Crippen LogP contribution is 2.25. The van der Waals surface area contributed by atoms with Crippen LogP contribution in [-0.4, -0.2) is 35.5 Å². The van der Waals surface area contributed by atoms with Crippen molar-refractivity contribution < 1.29 is 23.9 Å². The van der Waals surface area contributed by atoms with Gasteiger partial charge in [-0.3, -0.25) is 9.59 Å². The molecule has 1 heterocycles. The van der Waals surface area contributed by atoms with Gasteiger partial charge in [0.05, 0.1) is 13.2 Å². The highest BCUT2D eigenvalue weighted by molar-refractivity contribution is 5.95. The largest absolute Gasteiger partial charge is 0.466 e. The number of nitrogens with zero attached hydrogens (tertiary/aromatic N) is 1. The Morgan fingerprint density at radius 2 is 1.74 bits per heavy atom. The molecule has 1 aromatic heterocycles. The molecular weight excluding hydrogens is 298 g/mol. The quantitative estimate of drug-likeness (QED) is 0.543. The molecule has 0 bridgehead atoms. The molecule has 0 unspecified atom stereocenters. The molecule has 0 saturated heterocycles. The van der Waals surface area contributed by atoms with Crippen LogP contribution in [0.2, 0.25) is 0 Å². The average Bonchev–Trinajstić information content (AvgIpc) is 2.76. The number of ketones is 1. The lowest BCUT2D eigenvalue weighted by Gasteiger charge is -2.21. The average molecular weight is 323 g/mol. The Balaban J connectivity index is 3.12. The van der Waals surface area contributed by atoms with E-state index in [4.69, 9.17) is 9.47 Å². The molecule has 0 saturated carbocycles. The third-order valence-corrected chi connectivity index (χ3v) is 3.66. The number of aryl methyl sites for hydroxylation is 1. The minimum atomic E-state index is -0.646. The van der Waals surface area contributed by atoms with Gasteiger partial charge in [-0.15, -0.1) is 0 Å². The predicted molar refractivity (Wildman–Crippen MR) is 85.4 cm³/mol. The molecule has 6 heteroatoms. The van der Waals surface area contributed by atoms with Crippen LogP contribution in [0.15, 0.2) is 6.07 Å². The lowest BCUT2D eigenvalue weighted by molar-refractivity contribution is -0.148. The van der Waals surface area contributed by atoms with Crippen molar-refractivity contribution in [2.24, 2.45) is 0 Å². The second-order valence-electron chi connectivity index (χ2n) is 5.32. The number of carbonyl (C=O) groups excluding carboxylic acids is 3. The normalized spacial score (nSPS) is 11.9. The zero-order valence-corrected chi connectivity index (χ0v) is 14.5. The first kappa shape index (κ1) is 18.9. The fourth-order valence-corrected chi connectivity index (χ4v) is 2.69. The molecule has 1 aromatic rings. The summed E-state index contributed by atoms with van der Waals surface area (Å²) in [6.45, 7) is 9.14. The highest BCUT2D eigenvalue weighted by Gasteiger charge is 2.27. The van der Waals surface area contributed by atoms with E-state index in [1.54, 1.807) is 31.4 Å². The molecule has 128 valence electrons. The van der Waals surface area contributed by atoms with Gasteiger partial charge in [0.25, 0.3) is 0 Å². The first-order valence-electron chi connectivity index (χ1n) is 7.85. The molecule has 0 N–H and O–H groups in total. The number of Topliss-reactive ketones (excluding diaryl/α,β-unsaturated/α-hetero) is 1. The van der Waals surface area contributed by atoms with E-state index < -0.39 is 12.0 Å². The molecule has 0 radical (unpaired) electrons. The van der Waals surface area contributed by atoms with Crippen molar-refractivity contribution in [1.29, 1.82) is 0 Å². The van der Waals surface area contributed by atoms with E-state index in [-0.39, 0.29) is 31.2 Å². The molecule has 0 spiro atoms. The van der Waals surface area contributed by atoms with Gasteiger partial charge in [-0.05, 0) is 47.1 Å². The number of hydrogen-bond acceptors (Lipinski definition) is 5. The predicted octanol–water partition coefficient (Wildman–Crippen LogP) is 2.76. The molecular formula is C17H25NO5. The maximum Gasteiger partial charge on any atom is 0.329 e. The van der Waals surface area contributed by atoms with Crippen LogP contribution >= 0.6 is 0 Å². The third kappa shape index (κ3) is 4.68. The Hall–Kier alpha value is -2.11. The molecule has 1 atom stereocenters. The number of esters is 2. The minimum absolute atomic E-state index is 0.0580. The van der Waals surface area contributed by atoms with Gasteiger partial charge in [-0.25, -0.2) is 4.79 Å². The SMILES string of the molecule is CCOC(=O)CC[C@@H](C(=O)OCC)n1c(C)cc(C(C)=O)c1C. The van der Waals surface area contributed by atoms with E-state index in [1.165, 1.54) is 6.92 Å². The van der Waals surface area contributed by atoms with E-state index in [0.29, 0.717) is 17.9 Å². The summed E-state index contributed by atoms with van der Waals surface area (Å²) in [7, 11) is 0. The molecule has 0 aliphatic heterocycles. The summed E-state index contributed by atoms with van der Waals surface area (Å²) in [5.74, 6) is -0.817. The van der Waals surface area contributed by atoms with Gasteiger partial charge in [-0.1, -0.05) is 0 Å². The number of aromatic nitrogens is 1. The number of rotatable bonds is 8. The van der Waals surface area contributed by atoms with Crippen LogP contribution in [0.1, 0.15) is 61.4 Å². The lowest BCUT2D eigenvalue weighted by atomic mass is 10.1. The summed E-state index contributed by atoms with van der Waals surface area (Å²) in [5, 5.41) is 0. The summed E-state index contributed by atoms with van der Waals surface area (Å²) < 4.78 is 11.8. The first-order chi connectivity index (χ1) is 10.8. The van der Waals surface area contributed by atoms with Crippen LogP contribution in [0.4, 0.5) is 0 Å². The summed E-state index contributed by atoms with van der Waals surface area (Å²) >= 11 is 0. The monoisotopic (exact) mass is 323 g/mol. The molecule has 0 aliphatic rings.